The zero-order valence-electron chi connectivity index (χ0n) is 11.3. The molecule has 0 amide bonds. The second-order valence-corrected chi connectivity index (χ2v) is 3.86. The molecule has 1 rings (SSSR count). The first kappa shape index (κ1) is 15.8. The summed E-state index contributed by atoms with van der Waals surface area (Å²) in [5, 5.41) is 0. The Morgan fingerprint density at radius 2 is 1.63 bits per heavy atom. The summed E-state index contributed by atoms with van der Waals surface area (Å²) >= 11 is 0. The standard InChI is InChI=1S/C13H22N2O4/c1-16-4-5-17-6-7-18-8-9-19-11-12-2-3-15-13(14)10-12/h2-3,10H,4-9,11H2,1H3,(H2,14,15). The summed E-state index contributed by atoms with van der Waals surface area (Å²) in [6, 6.07) is 3.67. The number of ether oxygens (including phenoxy) is 4. The fourth-order valence-electron chi connectivity index (χ4n) is 1.36. The van der Waals surface area contributed by atoms with Crippen LogP contribution in [0, 0.1) is 0 Å². The number of rotatable bonds is 11. The zero-order chi connectivity index (χ0) is 13.8. The van der Waals surface area contributed by atoms with Crippen LogP contribution in [-0.4, -0.2) is 51.7 Å². The number of anilines is 1. The summed E-state index contributed by atoms with van der Waals surface area (Å²) < 4.78 is 20.9. The first-order valence-electron chi connectivity index (χ1n) is 6.25. The molecule has 108 valence electrons. The third kappa shape index (κ3) is 8.50. The molecule has 1 aromatic heterocycles. The van der Waals surface area contributed by atoms with Crippen molar-refractivity contribution in [3.05, 3.63) is 23.9 Å². The lowest BCUT2D eigenvalue weighted by atomic mass is 10.3. The van der Waals surface area contributed by atoms with Crippen molar-refractivity contribution < 1.29 is 18.9 Å². The van der Waals surface area contributed by atoms with Crippen molar-refractivity contribution in [2.75, 3.05) is 52.5 Å². The molecule has 0 spiro atoms. The van der Waals surface area contributed by atoms with Gasteiger partial charge in [-0.3, -0.25) is 0 Å². The van der Waals surface area contributed by atoms with E-state index in [1.807, 2.05) is 6.07 Å². The summed E-state index contributed by atoms with van der Waals surface area (Å²) in [6.45, 7) is 3.95. The van der Waals surface area contributed by atoms with E-state index < -0.39 is 0 Å². The van der Waals surface area contributed by atoms with Gasteiger partial charge in [0.15, 0.2) is 0 Å². The monoisotopic (exact) mass is 270 g/mol. The van der Waals surface area contributed by atoms with Gasteiger partial charge in [-0.2, -0.15) is 0 Å². The van der Waals surface area contributed by atoms with Crippen LogP contribution in [0.4, 0.5) is 5.82 Å². The molecule has 1 heterocycles. The Labute approximate surface area is 113 Å². The van der Waals surface area contributed by atoms with Gasteiger partial charge in [-0.15, -0.1) is 0 Å². The van der Waals surface area contributed by atoms with Crippen molar-refractivity contribution in [3.8, 4) is 0 Å². The molecular weight excluding hydrogens is 248 g/mol. The van der Waals surface area contributed by atoms with Gasteiger partial charge < -0.3 is 24.7 Å². The van der Waals surface area contributed by atoms with Crippen molar-refractivity contribution in [2.24, 2.45) is 0 Å². The fourth-order valence-corrected chi connectivity index (χ4v) is 1.36. The highest BCUT2D eigenvalue weighted by molar-refractivity contribution is 5.31. The van der Waals surface area contributed by atoms with Gasteiger partial charge in [-0.25, -0.2) is 4.98 Å². The number of nitrogen functional groups attached to an aromatic ring is 1. The number of methoxy groups -OCH3 is 1. The van der Waals surface area contributed by atoms with Gasteiger partial charge in [0, 0.05) is 13.3 Å². The second-order valence-electron chi connectivity index (χ2n) is 3.86. The Morgan fingerprint density at radius 1 is 1.00 bits per heavy atom. The Bertz CT molecular complexity index is 336. The van der Waals surface area contributed by atoms with Gasteiger partial charge in [-0.1, -0.05) is 0 Å². The predicted octanol–water partition coefficient (Wildman–Crippen LogP) is 0.860. The number of pyridine rings is 1. The molecule has 2 N–H and O–H groups in total. The molecule has 0 atom stereocenters. The Balaban J connectivity index is 1.89. The van der Waals surface area contributed by atoms with Crippen LogP contribution in [0.15, 0.2) is 18.3 Å². The highest BCUT2D eigenvalue weighted by Crippen LogP contribution is 2.04. The molecule has 0 radical (unpaired) electrons. The van der Waals surface area contributed by atoms with Crippen LogP contribution in [0.3, 0.4) is 0 Å². The van der Waals surface area contributed by atoms with Crippen molar-refractivity contribution in [2.45, 2.75) is 6.61 Å². The number of nitrogens with two attached hydrogens (primary N) is 1. The SMILES string of the molecule is COCCOCCOCCOCc1ccnc(N)c1. The first-order valence-corrected chi connectivity index (χ1v) is 6.25. The molecule has 0 saturated carbocycles. The molecule has 0 fully saturated rings. The molecule has 19 heavy (non-hydrogen) atoms. The molecule has 1 aromatic rings. The van der Waals surface area contributed by atoms with Gasteiger partial charge in [0.25, 0.3) is 0 Å². The lowest BCUT2D eigenvalue weighted by Gasteiger charge is -2.07. The predicted molar refractivity (Wildman–Crippen MR) is 71.8 cm³/mol. The third-order valence-electron chi connectivity index (χ3n) is 2.29. The van der Waals surface area contributed by atoms with Crippen LogP contribution in [0.1, 0.15) is 5.56 Å². The average molecular weight is 270 g/mol. The van der Waals surface area contributed by atoms with E-state index in [9.17, 15) is 0 Å². The van der Waals surface area contributed by atoms with Gasteiger partial charge in [0.05, 0.1) is 46.2 Å². The van der Waals surface area contributed by atoms with E-state index in [1.165, 1.54) is 0 Å². The van der Waals surface area contributed by atoms with E-state index in [0.29, 0.717) is 52.1 Å². The molecule has 0 aliphatic carbocycles. The van der Waals surface area contributed by atoms with E-state index in [0.717, 1.165) is 5.56 Å². The quantitative estimate of drug-likeness (QED) is 0.601. The topological polar surface area (TPSA) is 75.8 Å². The normalized spacial score (nSPS) is 10.8. The Morgan fingerprint density at radius 3 is 2.26 bits per heavy atom. The fraction of sp³-hybridized carbons (Fsp3) is 0.615. The van der Waals surface area contributed by atoms with Crippen LogP contribution < -0.4 is 5.73 Å². The summed E-state index contributed by atoms with van der Waals surface area (Å²) in [5.41, 5.74) is 6.57. The van der Waals surface area contributed by atoms with Crippen LogP contribution in [0.25, 0.3) is 0 Å². The number of hydrogen-bond acceptors (Lipinski definition) is 6. The number of aromatic nitrogens is 1. The molecule has 0 bridgehead atoms. The highest BCUT2D eigenvalue weighted by Gasteiger charge is 1.95. The van der Waals surface area contributed by atoms with E-state index in [1.54, 1.807) is 19.4 Å². The summed E-state index contributed by atoms with van der Waals surface area (Å²) in [7, 11) is 1.65. The van der Waals surface area contributed by atoms with Crippen molar-refractivity contribution in [1.29, 1.82) is 0 Å². The van der Waals surface area contributed by atoms with Gasteiger partial charge in [-0.05, 0) is 17.7 Å². The van der Waals surface area contributed by atoms with Crippen LogP contribution in [0.5, 0.6) is 0 Å². The second kappa shape index (κ2) is 10.7. The van der Waals surface area contributed by atoms with Gasteiger partial charge >= 0.3 is 0 Å². The average Bonchev–Trinajstić information content (AvgIpc) is 2.41. The maximum Gasteiger partial charge on any atom is 0.123 e. The maximum atomic E-state index is 5.56. The zero-order valence-corrected chi connectivity index (χ0v) is 11.3. The molecule has 0 aromatic carbocycles. The lowest BCUT2D eigenvalue weighted by Crippen LogP contribution is -2.11. The molecule has 0 saturated heterocycles. The Kier molecular flexibility index (Phi) is 8.91. The summed E-state index contributed by atoms with van der Waals surface area (Å²) in [4.78, 5) is 3.91. The molecule has 0 aliphatic rings. The minimum Gasteiger partial charge on any atom is -0.384 e. The van der Waals surface area contributed by atoms with Crippen molar-refractivity contribution in [1.82, 2.24) is 4.98 Å². The molecule has 6 heteroatoms. The Hall–Kier alpha value is -1.21. The van der Waals surface area contributed by atoms with Crippen LogP contribution in [-0.2, 0) is 25.6 Å². The van der Waals surface area contributed by atoms with E-state index in [4.69, 9.17) is 24.7 Å². The number of hydrogen-bond donors (Lipinski definition) is 1. The summed E-state index contributed by atoms with van der Waals surface area (Å²) in [6.07, 6.45) is 1.67. The largest absolute Gasteiger partial charge is 0.384 e. The first-order chi connectivity index (χ1) is 9.33. The minimum atomic E-state index is 0.505. The van der Waals surface area contributed by atoms with E-state index in [-0.39, 0.29) is 0 Å². The maximum absolute atomic E-state index is 5.56. The molecule has 6 nitrogen and oxygen atoms in total. The van der Waals surface area contributed by atoms with Crippen LogP contribution in [0.2, 0.25) is 0 Å². The summed E-state index contributed by atoms with van der Waals surface area (Å²) in [5.74, 6) is 0.505. The molecule has 0 unspecified atom stereocenters. The van der Waals surface area contributed by atoms with Crippen molar-refractivity contribution in [3.63, 3.8) is 0 Å². The minimum absolute atomic E-state index is 0.505. The van der Waals surface area contributed by atoms with Gasteiger partial charge in [0.2, 0.25) is 0 Å². The molecule has 0 aliphatic heterocycles. The third-order valence-corrected chi connectivity index (χ3v) is 2.29. The van der Waals surface area contributed by atoms with Gasteiger partial charge in [0.1, 0.15) is 5.82 Å². The smallest absolute Gasteiger partial charge is 0.123 e. The number of nitrogens with zero attached hydrogens (tertiary/aromatic N) is 1. The highest BCUT2D eigenvalue weighted by atomic mass is 16.6. The van der Waals surface area contributed by atoms with Crippen LogP contribution >= 0.6 is 0 Å². The van der Waals surface area contributed by atoms with E-state index in [2.05, 4.69) is 4.98 Å². The molecular formula is C13H22N2O4. The lowest BCUT2D eigenvalue weighted by molar-refractivity contribution is 0.000868. The van der Waals surface area contributed by atoms with Crippen molar-refractivity contribution >= 4 is 5.82 Å². The van der Waals surface area contributed by atoms with E-state index >= 15 is 0 Å².